The van der Waals surface area contributed by atoms with Gasteiger partial charge in [0.2, 0.25) is 5.89 Å². The SMILES string of the molecule is CCCNC1COCC1c1nc(C(=O)O)no1. The van der Waals surface area contributed by atoms with Crippen LogP contribution in [-0.2, 0) is 4.74 Å². The van der Waals surface area contributed by atoms with Crippen LogP contribution in [0.15, 0.2) is 4.52 Å². The molecule has 94 valence electrons. The predicted molar refractivity (Wildman–Crippen MR) is 56.9 cm³/mol. The second-order valence-corrected chi connectivity index (χ2v) is 3.97. The van der Waals surface area contributed by atoms with E-state index in [9.17, 15) is 4.79 Å². The summed E-state index contributed by atoms with van der Waals surface area (Å²) in [6.45, 7) is 4.01. The standard InChI is InChI=1S/C10H15N3O4/c1-2-3-11-7-5-16-4-6(7)9-12-8(10(14)15)13-17-9/h6-7,11H,2-5H2,1H3,(H,14,15). The monoisotopic (exact) mass is 241 g/mol. The Hall–Kier alpha value is -1.47. The van der Waals surface area contributed by atoms with Crippen molar-refractivity contribution in [1.29, 1.82) is 0 Å². The minimum atomic E-state index is -1.18. The highest BCUT2D eigenvalue weighted by Gasteiger charge is 2.34. The largest absolute Gasteiger partial charge is 0.475 e. The summed E-state index contributed by atoms with van der Waals surface area (Å²) in [6, 6.07) is 0.108. The van der Waals surface area contributed by atoms with E-state index in [0.29, 0.717) is 19.1 Å². The number of carbonyl (C=O) groups is 1. The number of aromatic carboxylic acids is 1. The van der Waals surface area contributed by atoms with E-state index in [0.717, 1.165) is 13.0 Å². The summed E-state index contributed by atoms with van der Waals surface area (Å²) in [4.78, 5) is 14.5. The van der Waals surface area contributed by atoms with Gasteiger partial charge < -0.3 is 19.7 Å². The van der Waals surface area contributed by atoms with Crippen molar-refractivity contribution in [3.05, 3.63) is 11.7 Å². The minimum Gasteiger partial charge on any atom is -0.475 e. The summed E-state index contributed by atoms with van der Waals surface area (Å²) in [5.41, 5.74) is 0. The highest BCUT2D eigenvalue weighted by Crippen LogP contribution is 2.24. The first-order valence-electron chi connectivity index (χ1n) is 5.60. The molecule has 1 fully saturated rings. The van der Waals surface area contributed by atoms with Gasteiger partial charge in [0.15, 0.2) is 0 Å². The molecule has 1 saturated heterocycles. The van der Waals surface area contributed by atoms with Gasteiger partial charge in [0.05, 0.1) is 19.1 Å². The van der Waals surface area contributed by atoms with Gasteiger partial charge in [-0.05, 0) is 18.1 Å². The molecule has 7 nitrogen and oxygen atoms in total. The van der Waals surface area contributed by atoms with E-state index >= 15 is 0 Å². The van der Waals surface area contributed by atoms with E-state index in [1.54, 1.807) is 0 Å². The molecule has 0 aliphatic carbocycles. The van der Waals surface area contributed by atoms with Crippen LogP contribution in [0.3, 0.4) is 0 Å². The third kappa shape index (κ3) is 2.62. The maximum Gasteiger partial charge on any atom is 0.377 e. The summed E-state index contributed by atoms with van der Waals surface area (Å²) in [7, 11) is 0. The smallest absolute Gasteiger partial charge is 0.377 e. The molecule has 2 heterocycles. The van der Waals surface area contributed by atoms with Gasteiger partial charge in [0, 0.05) is 6.04 Å². The summed E-state index contributed by atoms with van der Waals surface area (Å²) in [5, 5.41) is 15.4. The van der Waals surface area contributed by atoms with Gasteiger partial charge in [-0.25, -0.2) is 4.79 Å². The van der Waals surface area contributed by atoms with Gasteiger partial charge >= 0.3 is 5.97 Å². The lowest BCUT2D eigenvalue weighted by Gasteiger charge is -2.14. The fourth-order valence-corrected chi connectivity index (χ4v) is 1.80. The van der Waals surface area contributed by atoms with Crippen LogP contribution < -0.4 is 5.32 Å². The minimum absolute atomic E-state index is 0.0675. The first kappa shape index (κ1) is 12.0. The fourth-order valence-electron chi connectivity index (χ4n) is 1.80. The summed E-state index contributed by atoms with van der Waals surface area (Å²) in [6.07, 6.45) is 1.02. The third-order valence-electron chi connectivity index (χ3n) is 2.69. The van der Waals surface area contributed by atoms with Gasteiger partial charge in [-0.1, -0.05) is 6.92 Å². The van der Waals surface area contributed by atoms with Gasteiger partial charge in [-0.2, -0.15) is 4.98 Å². The molecule has 1 aliphatic heterocycles. The zero-order valence-electron chi connectivity index (χ0n) is 9.55. The molecular weight excluding hydrogens is 226 g/mol. The average molecular weight is 241 g/mol. The molecule has 7 heteroatoms. The Labute approximate surface area is 98.1 Å². The molecule has 2 N–H and O–H groups in total. The van der Waals surface area contributed by atoms with Crippen LogP contribution in [0.4, 0.5) is 0 Å². The maximum atomic E-state index is 10.7. The first-order chi connectivity index (χ1) is 8.22. The molecule has 2 atom stereocenters. The van der Waals surface area contributed by atoms with Crippen LogP contribution in [0.1, 0.15) is 35.8 Å². The Kier molecular flexibility index (Phi) is 3.70. The lowest BCUT2D eigenvalue weighted by Crippen LogP contribution is -2.35. The topological polar surface area (TPSA) is 97.5 Å². The third-order valence-corrected chi connectivity index (χ3v) is 2.69. The molecule has 17 heavy (non-hydrogen) atoms. The fraction of sp³-hybridized carbons (Fsp3) is 0.700. The van der Waals surface area contributed by atoms with Crippen molar-refractivity contribution in [2.45, 2.75) is 25.3 Å². The molecule has 0 saturated carbocycles. The van der Waals surface area contributed by atoms with Crippen molar-refractivity contribution in [3.63, 3.8) is 0 Å². The summed E-state index contributed by atoms with van der Waals surface area (Å²) in [5.74, 6) is -1.23. The van der Waals surface area contributed by atoms with E-state index in [4.69, 9.17) is 14.4 Å². The van der Waals surface area contributed by atoms with E-state index < -0.39 is 5.97 Å². The number of hydrogen-bond acceptors (Lipinski definition) is 6. The Morgan fingerprint density at radius 1 is 1.59 bits per heavy atom. The molecule has 1 aliphatic rings. The van der Waals surface area contributed by atoms with Gasteiger partial charge in [-0.15, -0.1) is 0 Å². The van der Waals surface area contributed by atoms with Crippen molar-refractivity contribution >= 4 is 5.97 Å². The number of carboxylic acid groups (broad SMARTS) is 1. The molecule has 1 aromatic rings. The first-order valence-corrected chi connectivity index (χ1v) is 5.60. The summed E-state index contributed by atoms with van der Waals surface area (Å²) >= 11 is 0. The number of rotatable bonds is 5. The highest BCUT2D eigenvalue weighted by atomic mass is 16.5. The van der Waals surface area contributed by atoms with Crippen LogP contribution in [0.25, 0.3) is 0 Å². The molecule has 1 aromatic heterocycles. The maximum absolute atomic E-state index is 10.7. The molecule has 0 bridgehead atoms. The van der Waals surface area contributed by atoms with Gasteiger partial charge in [0.25, 0.3) is 5.82 Å². The lowest BCUT2D eigenvalue weighted by molar-refractivity contribution is 0.0680. The van der Waals surface area contributed by atoms with Crippen LogP contribution in [0.2, 0.25) is 0 Å². The summed E-state index contributed by atoms with van der Waals surface area (Å²) < 4.78 is 10.3. The number of carboxylic acids is 1. The normalized spacial score (nSPS) is 24.1. The number of nitrogens with one attached hydrogen (secondary N) is 1. The number of aromatic nitrogens is 2. The van der Waals surface area contributed by atoms with Crippen molar-refractivity contribution in [2.75, 3.05) is 19.8 Å². The van der Waals surface area contributed by atoms with Crippen molar-refractivity contribution < 1.29 is 19.2 Å². The molecule has 0 spiro atoms. The Balaban J connectivity index is 2.06. The number of hydrogen-bond donors (Lipinski definition) is 2. The van der Waals surface area contributed by atoms with E-state index in [2.05, 4.69) is 22.4 Å². The van der Waals surface area contributed by atoms with Gasteiger partial charge in [-0.3, -0.25) is 0 Å². The van der Waals surface area contributed by atoms with Crippen molar-refractivity contribution in [2.24, 2.45) is 0 Å². The molecule has 2 rings (SSSR count). The van der Waals surface area contributed by atoms with E-state index in [-0.39, 0.29) is 17.8 Å². The van der Waals surface area contributed by atoms with Crippen LogP contribution in [0, 0.1) is 0 Å². The Morgan fingerprint density at radius 2 is 2.41 bits per heavy atom. The van der Waals surface area contributed by atoms with E-state index in [1.165, 1.54) is 0 Å². The lowest BCUT2D eigenvalue weighted by atomic mass is 10.0. The van der Waals surface area contributed by atoms with Crippen LogP contribution in [-0.4, -0.2) is 47.0 Å². The van der Waals surface area contributed by atoms with Gasteiger partial charge in [0.1, 0.15) is 0 Å². The number of ether oxygens (including phenoxy) is 1. The molecule has 0 aromatic carbocycles. The second-order valence-electron chi connectivity index (χ2n) is 3.97. The average Bonchev–Trinajstić information content (AvgIpc) is 2.94. The zero-order valence-corrected chi connectivity index (χ0v) is 9.55. The van der Waals surface area contributed by atoms with Crippen LogP contribution >= 0.6 is 0 Å². The van der Waals surface area contributed by atoms with E-state index in [1.807, 2.05) is 0 Å². The Morgan fingerprint density at radius 3 is 3.06 bits per heavy atom. The second kappa shape index (κ2) is 5.24. The highest BCUT2D eigenvalue weighted by molar-refractivity contribution is 5.82. The number of nitrogens with zero attached hydrogens (tertiary/aromatic N) is 2. The molecular formula is C10H15N3O4. The quantitative estimate of drug-likeness (QED) is 0.762. The Bertz CT molecular complexity index is 393. The molecule has 0 radical (unpaired) electrons. The van der Waals surface area contributed by atoms with Crippen molar-refractivity contribution in [1.82, 2.24) is 15.5 Å². The molecule has 0 amide bonds. The molecule has 2 unspecified atom stereocenters. The van der Waals surface area contributed by atoms with Crippen LogP contribution in [0.5, 0.6) is 0 Å². The predicted octanol–water partition coefficient (Wildman–Crippen LogP) is 0.250. The zero-order chi connectivity index (χ0) is 12.3. The van der Waals surface area contributed by atoms with Crippen molar-refractivity contribution in [3.8, 4) is 0 Å².